The highest BCUT2D eigenvalue weighted by Gasteiger charge is 2.46. The lowest BCUT2D eigenvalue weighted by Gasteiger charge is -2.25. The normalized spacial score (nSPS) is 18.5. The lowest BCUT2D eigenvalue weighted by Crippen LogP contribution is -2.33. The van der Waals surface area contributed by atoms with Crippen LogP contribution in [0.1, 0.15) is 31.1 Å². The van der Waals surface area contributed by atoms with Crippen LogP contribution in [-0.2, 0) is 14.3 Å². The van der Waals surface area contributed by atoms with Crippen LogP contribution < -0.4 is 4.74 Å². The van der Waals surface area contributed by atoms with E-state index in [1.807, 2.05) is 13.8 Å². The molecule has 0 aliphatic carbocycles. The highest BCUT2D eigenvalue weighted by atomic mass is 16.5. The van der Waals surface area contributed by atoms with E-state index in [9.17, 15) is 14.7 Å². The van der Waals surface area contributed by atoms with E-state index >= 15 is 0 Å². The first-order valence-corrected chi connectivity index (χ1v) is 9.40. The third-order valence-corrected chi connectivity index (χ3v) is 4.65. The Morgan fingerprint density at radius 3 is 2.55 bits per heavy atom. The fourth-order valence-electron chi connectivity index (χ4n) is 3.33. The van der Waals surface area contributed by atoms with Crippen LogP contribution in [0.5, 0.6) is 5.75 Å². The number of pyridine rings is 1. The second kappa shape index (κ2) is 8.87. The minimum atomic E-state index is -0.808. The molecule has 1 aliphatic heterocycles. The van der Waals surface area contributed by atoms with E-state index < -0.39 is 17.7 Å². The Bertz CT molecular complexity index is 924. The fraction of sp³-hybridized carbons (Fsp3) is 0.318. The van der Waals surface area contributed by atoms with Gasteiger partial charge in [0.25, 0.3) is 11.7 Å². The molecule has 2 aromatic rings. The van der Waals surface area contributed by atoms with E-state index in [-0.39, 0.29) is 30.6 Å². The number of methoxy groups -OCH3 is 1. The molecular weight excluding hydrogens is 372 g/mol. The van der Waals surface area contributed by atoms with Gasteiger partial charge in [0.1, 0.15) is 17.6 Å². The zero-order valence-electron chi connectivity index (χ0n) is 16.7. The van der Waals surface area contributed by atoms with Crippen molar-refractivity contribution in [1.82, 2.24) is 9.88 Å². The molecule has 152 valence electrons. The number of para-hydroxylation sites is 1. The van der Waals surface area contributed by atoms with Gasteiger partial charge >= 0.3 is 0 Å². The summed E-state index contributed by atoms with van der Waals surface area (Å²) in [6.07, 6.45) is 1.58. The van der Waals surface area contributed by atoms with Crippen LogP contribution in [0.2, 0.25) is 0 Å². The molecule has 0 bridgehead atoms. The van der Waals surface area contributed by atoms with Crippen molar-refractivity contribution in [2.45, 2.75) is 26.0 Å². The maximum Gasteiger partial charge on any atom is 0.295 e. The first-order chi connectivity index (χ1) is 14.0. The molecule has 0 spiro atoms. The van der Waals surface area contributed by atoms with Crippen molar-refractivity contribution >= 4 is 17.4 Å². The maximum atomic E-state index is 12.9. The minimum Gasteiger partial charge on any atom is -0.507 e. The molecule has 3 rings (SSSR count). The van der Waals surface area contributed by atoms with Gasteiger partial charge in [-0.1, -0.05) is 18.2 Å². The van der Waals surface area contributed by atoms with Crippen LogP contribution in [0.3, 0.4) is 0 Å². The summed E-state index contributed by atoms with van der Waals surface area (Å²) in [5.41, 5.74) is 0.822. The Morgan fingerprint density at radius 1 is 1.17 bits per heavy atom. The first-order valence-electron chi connectivity index (χ1n) is 9.40. The average Bonchev–Trinajstić information content (AvgIpc) is 2.98. The number of nitrogens with zero attached hydrogens (tertiary/aromatic N) is 2. The molecule has 0 saturated carbocycles. The zero-order chi connectivity index (χ0) is 21.0. The molecule has 1 aliphatic rings. The number of hydrogen-bond donors (Lipinski definition) is 1. The van der Waals surface area contributed by atoms with Crippen molar-refractivity contribution < 1.29 is 24.2 Å². The SMILES string of the molecule is COc1ccccc1/C(O)=C1/C(=O)C(=O)N(CCOC(C)C)C1c1ccccn1. The molecule has 2 heterocycles. The second-order valence-electron chi connectivity index (χ2n) is 6.87. The van der Waals surface area contributed by atoms with Crippen LogP contribution >= 0.6 is 0 Å². The van der Waals surface area contributed by atoms with E-state index in [0.717, 1.165) is 0 Å². The van der Waals surface area contributed by atoms with Gasteiger partial charge in [-0.05, 0) is 38.1 Å². The fourth-order valence-corrected chi connectivity index (χ4v) is 3.33. The number of aliphatic hydroxyl groups excluding tert-OH is 1. The van der Waals surface area contributed by atoms with Crippen molar-refractivity contribution in [3.05, 3.63) is 65.5 Å². The number of aliphatic hydroxyl groups is 1. The molecule has 7 heteroatoms. The number of benzene rings is 1. The van der Waals surface area contributed by atoms with Gasteiger partial charge in [-0.3, -0.25) is 14.6 Å². The molecule has 1 saturated heterocycles. The summed E-state index contributed by atoms with van der Waals surface area (Å²) in [6, 6.07) is 11.2. The molecule has 7 nitrogen and oxygen atoms in total. The predicted molar refractivity (Wildman–Crippen MR) is 107 cm³/mol. The summed E-state index contributed by atoms with van der Waals surface area (Å²) in [7, 11) is 1.48. The van der Waals surface area contributed by atoms with Crippen molar-refractivity contribution in [2.75, 3.05) is 20.3 Å². The minimum absolute atomic E-state index is 0.00583. The van der Waals surface area contributed by atoms with Gasteiger partial charge < -0.3 is 19.5 Å². The molecule has 29 heavy (non-hydrogen) atoms. The van der Waals surface area contributed by atoms with Gasteiger partial charge in [-0.2, -0.15) is 0 Å². The summed E-state index contributed by atoms with van der Waals surface area (Å²) >= 11 is 0. The van der Waals surface area contributed by atoms with E-state index in [1.165, 1.54) is 12.0 Å². The summed E-state index contributed by atoms with van der Waals surface area (Å²) in [5, 5.41) is 11.0. The van der Waals surface area contributed by atoms with E-state index in [2.05, 4.69) is 4.98 Å². The molecule has 1 aromatic carbocycles. The van der Waals surface area contributed by atoms with Crippen LogP contribution in [0, 0.1) is 0 Å². The third-order valence-electron chi connectivity index (χ3n) is 4.65. The number of ketones is 1. The number of carbonyl (C=O) groups is 2. The lowest BCUT2D eigenvalue weighted by molar-refractivity contribution is -0.140. The molecule has 1 N–H and O–H groups in total. The van der Waals surface area contributed by atoms with Crippen LogP contribution in [0.25, 0.3) is 5.76 Å². The van der Waals surface area contributed by atoms with Gasteiger partial charge in [-0.25, -0.2) is 0 Å². The molecule has 0 radical (unpaired) electrons. The van der Waals surface area contributed by atoms with Gasteiger partial charge in [0.15, 0.2) is 0 Å². The standard InChI is InChI=1S/C22H24N2O5/c1-14(2)29-13-12-24-19(16-9-6-7-11-23-16)18(21(26)22(24)27)20(25)15-8-4-5-10-17(15)28-3/h4-11,14,19,25H,12-13H2,1-3H3/b20-18-. The summed E-state index contributed by atoms with van der Waals surface area (Å²) < 4.78 is 10.9. The number of ether oxygens (including phenoxy) is 2. The van der Waals surface area contributed by atoms with E-state index in [0.29, 0.717) is 17.0 Å². The van der Waals surface area contributed by atoms with Crippen molar-refractivity contribution in [1.29, 1.82) is 0 Å². The van der Waals surface area contributed by atoms with Crippen molar-refractivity contribution in [3.8, 4) is 5.75 Å². The summed E-state index contributed by atoms with van der Waals surface area (Å²) in [6.45, 7) is 4.26. The Balaban J connectivity index is 2.11. The second-order valence-corrected chi connectivity index (χ2v) is 6.87. The number of hydrogen-bond acceptors (Lipinski definition) is 6. The molecule has 1 amide bonds. The van der Waals surface area contributed by atoms with E-state index in [4.69, 9.17) is 9.47 Å². The van der Waals surface area contributed by atoms with Crippen LogP contribution in [0.4, 0.5) is 0 Å². The number of aromatic nitrogens is 1. The van der Waals surface area contributed by atoms with Crippen molar-refractivity contribution in [3.63, 3.8) is 0 Å². The Hall–Kier alpha value is -3.19. The molecule has 1 fully saturated rings. The van der Waals surface area contributed by atoms with Crippen molar-refractivity contribution in [2.24, 2.45) is 0 Å². The highest BCUT2D eigenvalue weighted by Crippen LogP contribution is 2.39. The third kappa shape index (κ3) is 4.14. The highest BCUT2D eigenvalue weighted by molar-refractivity contribution is 6.46. The monoisotopic (exact) mass is 396 g/mol. The quantitative estimate of drug-likeness (QED) is 0.440. The van der Waals surface area contributed by atoms with Gasteiger partial charge in [0.05, 0.1) is 36.7 Å². The Kier molecular flexibility index (Phi) is 6.29. The summed E-state index contributed by atoms with van der Waals surface area (Å²) in [5.74, 6) is -1.33. The van der Waals surface area contributed by atoms with Gasteiger partial charge in [0.2, 0.25) is 0 Å². The number of carbonyl (C=O) groups excluding carboxylic acids is 2. The van der Waals surface area contributed by atoms with E-state index in [1.54, 1.807) is 48.7 Å². The smallest absolute Gasteiger partial charge is 0.295 e. The number of likely N-dealkylation sites (tertiary alicyclic amines) is 1. The van der Waals surface area contributed by atoms with Crippen LogP contribution in [-0.4, -0.2) is 53.0 Å². The summed E-state index contributed by atoms with van der Waals surface area (Å²) in [4.78, 5) is 31.4. The zero-order valence-corrected chi connectivity index (χ0v) is 16.7. The lowest BCUT2D eigenvalue weighted by atomic mass is 9.98. The molecule has 1 atom stereocenters. The van der Waals surface area contributed by atoms with Crippen LogP contribution in [0.15, 0.2) is 54.2 Å². The number of amides is 1. The largest absolute Gasteiger partial charge is 0.507 e. The molecule has 1 aromatic heterocycles. The van der Waals surface area contributed by atoms with Gasteiger partial charge in [0, 0.05) is 12.7 Å². The maximum absolute atomic E-state index is 12.9. The number of rotatable bonds is 7. The molecular formula is C22H24N2O5. The average molecular weight is 396 g/mol. The predicted octanol–water partition coefficient (Wildman–Crippen LogP) is 2.94. The first kappa shape index (κ1) is 20.5. The molecule has 1 unspecified atom stereocenters. The topological polar surface area (TPSA) is 89.0 Å². The Morgan fingerprint density at radius 2 is 1.90 bits per heavy atom. The Labute approximate surface area is 169 Å². The number of Topliss-reactive ketones (excluding diaryl/α,β-unsaturated/α-hetero) is 1. The van der Waals surface area contributed by atoms with Gasteiger partial charge in [-0.15, -0.1) is 0 Å².